The quantitative estimate of drug-likeness (QED) is 0.599. The van der Waals surface area contributed by atoms with E-state index in [0.717, 1.165) is 58.4 Å². The average Bonchev–Trinajstić information content (AvgIpc) is 3.29. The number of aryl methyl sites for hydroxylation is 1. The van der Waals surface area contributed by atoms with Crippen LogP contribution in [0, 0.1) is 0 Å². The van der Waals surface area contributed by atoms with Crippen molar-refractivity contribution in [2.24, 2.45) is 5.73 Å². The second-order valence-corrected chi connectivity index (χ2v) is 7.07. The zero-order valence-electron chi connectivity index (χ0n) is 15.3. The third-order valence-corrected chi connectivity index (χ3v) is 5.20. The number of rotatable bonds is 4. The summed E-state index contributed by atoms with van der Waals surface area (Å²) in [7, 11) is 0. The predicted octanol–water partition coefficient (Wildman–Crippen LogP) is 3.13. The molecule has 0 aliphatic carbocycles. The van der Waals surface area contributed by atoms with Crippen LogP contribution in [0.15, 0.2) is 54.9 Å². The molecular formula is C22H19N5O. The lowest BCUT2D eigenvalue weighted by molar-refractivity contribution is -0.117. The Morgan fingerprint density at radius 3 is 2.86 bits per heavy atom. The molecule has 1 aliphatic heterocycles. The Labute approximate surface area is 162 Å². The van der Waals surface area contributed by atoms with E-state index in [1.54, 1.807) is 6.20 Å². The molecule has 0 radical (unpaired) electrons. The summed E-state index contributed by atoms with van der Waals surface area (Å²) in [6.45, 7) is 0.931. The fourth-order valence-electron chi connectivity index (χ4n) is 4.02. The van der Waals surface area contributed by atoms with Crippen molar-refractivity contribution in [3.63, 3.8) is 0 Å². The number of primary amides is 1. The molecule has 0 fully saturated rings. The van der Waals surface area contributed by atoms with E-state index in [2.05, 4.69) is 14.6 Å². The van der Waals surface area contributed by atoms with Crippen LogP contribution in [0.1, 0.15) is 17.7 Å². The van der Waals surface area contributed by atoms with Gasteiger partial charge in [0.1, 0.15) is 5.69 Å². The van der Waals surface area contributed by atoms with Crippen molar-refractivity contribution in [3.8, 4) is 22.5 Å². The molecule has 1 amide bonds. The SMILES string of the molecule is NC(=O)Cc1ccc2c(-c3c(-c4ccccn4)nn4c3CCC4)ccnc2c1. The highest BCUT2D eigenvalue weighted by atomic mass is 16.1. The summed E-state index contributed by atoms with van der Waals surface area (Å²) in [5.41, 5.74) is 12.3. The molecule has 0 atom stereocenters. The molecule has 2 N–H and O–H groups in total. The molecule has 6 heteroatoms. The Hall–Kier alpha value is -3.54. The van der Waals surface area contributed by atoms with E-state index in [9.17, 15) is 4.79 Å². The zero-order chi connectivity index (χ0) is 19.1. The maximum absolute atomic E-state index is 11.3. The molecule has 5 rings (SSSR count). The van der Waals surface area contributed by atoms with E-state index in [1.807, 2.05) is 48.7 Å². The first kappa shape index (κ1) is 16.6. The summed E-state index contributed by atoms with van der Waals surface area (Å²) < 4.78 is 2.10. The van der Waals surface area contributed by atoms with Crippen molar-refractivity contribution in [2.75, 3.05) is 0 Å². The molecule has 1 aliphatic rings. The van der Waals surface area contributed by atoms with Gasteiger partial charge in [-0.05, 0) is 48.2 Å². The highest BCUT2D eigenvalue weighted by molar-refractivity contribution is 5.99. The van der Waals surface area contributed by atoms with Gasteiger partial charge in [-0.15, -0.1) is 0 Å². The van der Waals surface area contributed by atoms with E-state index in [1.165, 1.54) is 5.69 Å². The van der Waals surface area contributed by atoms with Crippen LogP contribution in [0.3, 0.4) is 0 Å². The van der Waals surface area contributed by atoms with E-state index < -0.39 is 0 Å². The number of amides is 1. The first-order valence-corrected chi connectivity index (χ1v) is 9.38. The summed E-state index contributed by atoms with van der Waals surface area (Å²) >= 11 is 0. The number of carbonyl (C=O) groups excluding carboxylic acids is 1. The van der Waals surface area contributed by atoms with Crippen LogP contribution >= 0.6 is 0 Å². The fourth-order valence-corrected chi connectivity index (χ4v) is 4.02. The summed E-state index contributed by atoms with van der Waals surface area (Å²) in [6.07, 6.45) is 5.92. The largest absolute Gasteiger partial charge is 0.369 e. The van der Waals surface area contributed by atoms with E-state index in [4.69, 9.17) is 10.8 Å². The van der Waals surface area contributed by atoms with Gasteiger partial charge in [-0.1, -0.05) is 18.2 Å². The summed E-state index contributed by atoms with van der Waals surface area (Å²) in [5.74, 6) is -0.345. The molecule has 0 unspecified atom stereocenters. The minimum absolute atomic E-state index is 0.213. The molecule has 1 aromatic carbocycles. The average molecular weight is 369 g/mol. The topological polar surface area (TPSA) is 86.7 Å². The maximum atomic E-state index is 11.3. The summed E-state index contributed by atoms with van der Waals surface area (Å²) in [5, 5.41) is 5.91. The second kappa shape index (κ2) is 6.56. The molecule has 0 spiro atoms. The van der Waals surface area contributed by atoms with Gasteiger partial charge in [0.05, 0.1) is 17.6 Å². The first-order valence-electron chi connectivity index (χ1n) is 9.38. The minimum Gasteiger partial charge on any atom is -0.369 e. The molecule has 0 saturated carbocycles. The Bertz CT molecular complexity index is 1200. The van der Waals surface area contributed by atoms with Gasteiger partial charge in [0.15, 0.2) is 0 Å². The van der Waals surface area contributed by atoms with Crippen LogP contribution in [0.4, 0.5) is 0 Å². The van der Waals surface area contributed by atoms with Crippen molar-refractivity contribution >= 4 is 16.8 Å². The Kier molecular flexibility index (Phi) is 3.90. The van der Waals surface area contributed by atoms with E-state index in [0.29, 0.717) is 0 Å². The normalized spacial score (nSPS) is 13.0. The Morgan fingerprint density at radius 1 is 1.11 bits per heavy atom. The minimum atomic E-state index is -0.345. The number of nitrogens with two attached hydrogens (primary N) is 1. The van der Waals surface area contributed by atoms with Gasteiger partial charge in [0, 0.05) is 35.6 Å². The van der Waals surface area contributed by atoms with Gasteiger partial charge in [0.25, 0.3) is 0 Å². The van der Waals surface area contributed by atoms with Gasteiger partial charge in [-0.25, -0.2) is 0 Å². The van der Waals surface area contributed by atoms with Crippen LogP contribution < -0.4 is 5.73 Å². The second-order valence-electron chi connectivity index (χ2n) is 7.07. The van der Waals surface area contributed by atoms with Crippen molar-refractivity contribution in [1.29, 1.82) is 0 Å². The standard InChI is InChI=1S/C22H19N5O/c23-20(28)13-14-6-7-15-16(8-10-25-18(15)12-14)21-19-5-3-11-27(19)26-22(21)17-4-1-2-9-24-17/h1-2,4,6-10,12H,3,5,11,13H2,(H2,23,28). The van der Waals surface area contributed by atoms with Crippen molar-refractivity contribution in [1.82, 2.24) is 19.7 Å². The van der Waals surface area contributed by atoms with Crippen LogP contribution in [-0.4, -0.2) is 25.7 Å². The smallest absolute Gasteiger partial charge is 0.221 e. The molecule has 0 bridgehead atoms. The third kappa shape index (κ3) is 2.74. The van der Waals surface area contributed by atoms with Gasteiger partial charge < -0.3 is 5.73 Å². The Balaban J connectivity index is 1.73. The van der Waals surface area contributed by atoms with Gasteiger partial charge in [0.2, 0.25) is 5.91 Å². The zero-order valence-corrected chi connectivity index (χ0v) is 15.3. The fraction of sp³-hybridized carbons (Fsp3) is 0.182. The molecule has 3 aromatic heterocycles. The van der Waals surface area contributed by atoms with Crippen LogP contribution in [0.5, 0.6) is 0 Å². The van der Waals surface area contributed by atoms with Gasteiger partial charge in [-0.2, -0.15) is 5.10 Å². The van der Waals surface area contributed by atoms with Crippen LogP contribution in [-0.2, 0) is 24.2 Å². The number of hydrogen-bond acceptors (Lipinski definition) is 4. The number of fused-ring (bicyclic) bond motifs is 2. The molecule has 4 heterocycles. The molecule has 0 saturated heterocycles. The van der Waals surface area contributed by atoms with Crippen LogP contribution in [0.2, 0.25) is 0 Å². The Morgan fingerprint density at radius 2 is 2.04 bits per heavy atom. The number of hydrogen-bond donors (Lipinski definition) is 1. The van der Waals surface area contributed by atoms with E-state index in [-0.39, 0.29) is 12.3 Å². The lowest BCUT2D eigenvalue weighted by atomic mass is 9.95. The molecule has 4 aromatic rings. The number of carbonyl (C=O) groups is 1. The van der Waals surface area contributed by atoms with Crippen molar-refractivity contribution < 1.29 is 4.79 Å². The number of aromatic nitrogens is 4. The summed E-state index contributed by atoms with van der Waals surface area (Å²) in [4.78, 5) is 20.3. The molecular weight excluding hydrogens is 350 g/mol. The predicted molar refractivity (Wildman–Crippen MR) is 107 cm³/mol. The van der Waals surface area contributed by atoms with Gasteiger partial charge >= 0.3 is 0 Å². The lowest BCUT2D eigenvalue weighted by Gasteiger charge is -2.10. The molecule has 28 heavy (non-hydrogen) atoms. The molecule has 6 nitrogen and oxygen atoms in total. The number of pyridine rings is 2. The highest BCUT2D eigenvalue weighted by Crippen LogP contribution is 2.39. The van der Waals surface area contributed by atoms with Crippen molar-refractivity contribution in [3.05, 3.63) is 66.1 Å². The first-order chi connectivity index (χ1) is 13.7. The molecule has 138 valence electrons. The monoisotopic (exact) mass is 369 g/mol. The number of nitrogens with zero attached hydrogens (tertiary/aromatic N) is 4. The highest BCUT2D eigenvalue weighted by Gasteiger charge is 2.25. The number of benzene rings is 1. The van der Waals surface area contributed by atoms with Crippen LogP contribution in [0.25, 0.3) is 33.4 Å². The maximum Gasteiger partial charge on any atom is 0.221 e. The summed E-state index contributed by atoms with van der Waals surface area (Å²) in [6, 6.07) is 13.8. The van der Waals surface area contributed by atoms with Gasteiger partial charge in [-0.3, -0.25) is 19.4 Å². The van der Waals surface area contributed by atoms with E-state index >= 15 is 0 Å². The van der Waals surface area contributed by atoms with Crippen molar-refractivity contribution in [2.45, 2.75) is 25.8 Å². The third-order valence-electron chi connectivity index (χ3n) is 5.20. The lowest BCUT2D eigenvalue weighted by Crippen LogP contribution is -2.13.